The molecule has 0 fully saturated rings. The van der Waals surface area contributed by atoms with Gasteiger partial charge in [-0.05, 0) is 19.8 Å². The zero-order valence-electron chi connectivity index (χ0n) is 16.1. The van der Waals surface area contributed by atoms with Gasteiger partial charge in [-0.25, -0.2) is 0 Å². The second-order valence-corrected chi connectivity index (χ2v) is 6.67. The summed E-state index contributed by atoms with van der Waals surface area (Å²) in [7, 11) is 0. The lowest BCUT2D eigenvalue weighted by molar-refractivity contribution is -0.158. The fraction of sp³-hybridized carbons (Fsp3) is 0.900. The van der Waals surface area contributed by atoms with Crippen LogP contribution in [0.1, 0.15) is 104 Å². The number of carbonyl (C=O) groups is 2. The first kappa shape index (κ1) is 22.9. The fourth-order valence-electron chi connectivity index (χ4n) is 2.52. The van der Waals surface area contributed by atoms with Crippen LogP contribution in [-0.2, 0) is 19.1 Å². The monoisotopic (exact) mass is 342 g/mol. The van der Waals surface area contributed by atoms with E-state index in [2.05, 4.69) is 13.8 Å². The van der Waals surface area contributed by atoms with Crippen molar-refractivity contribution in [2.75, 3.05) is 6.61 Å². The average molecular weight is 343 g/mol. The van der Waals surface area contributed by atoms with Gasteiger partial charge in [-0.15, -0.1) is 0 Å². The molecule has 0 aromatic carbocycles. The van der Waals surface area contributed by atoms with Gasteiger partial charge in [-0.3, -0.25) is 9.59 Å². The van der Waals surface area contributed by atoms with Gasteiger partial charge >= 0.3 is 11.9 Å². The molecule has 4 nitrogen and oxygen atoms in total. The van der Waals surface area contributed by atoms with Crippen LogP contribution in [0.5, 0.6) is 0 Å². The van der Waals surface area contributed by atoms with Crippen molar-refractivity contribution in [3.8, 4) is 0 Å². The van der Waals surface area contributed by atoms with Crippen molar-refractivity contribution in [3.05, 3.63) is 0 Å². The molecule has 0 aromatic rings. The van der Waals surface area contributed by atoms with Gasteiger partial charge in [0, 0.05) is 12.8 Å². The normalized spacial score (nSPS) is 12.0. The van der Waals surface area contributed by atoms with Crippen molar-refractivity contribution in [1.29, 1.82) is 0 Å². The van der Waals surface area contributed by atoms with E-state index in [1.807, 2.05) is 0 Å². The summed E-state index contributed by atoms with van der Waals surface area (Å²) in [6.07, 6.45) is 13.0. The molecular formula is C20H38O4. The van der Waals surface area contributed by atoms with E-state index in [9.17, 15) is 9.59 Å². The van der Waals surface area contributed by atoms with Crippen LogP contribution in [0.15, 0.2) is 0 Å². The number of rotatable bonds is 16. The maximum absolute atomic E-state index is 11.7. The Morgan fingerprint density at radius 3 is 1.71 bits per heavy atom. The highest BCUT2D eigenvalue weighted by Crippen LogP contribution is 2.09. The zero-order valence-corrected chi connectivity index (χ0v) is 16.1. The Morgan fingerprint density at radius 2 is 1.17 bits per heavy atom. The van der Waals surface area contributed by atoms with Crippen LogP contribution < -0.4 is 0 Å². The van der Waals surface area contributed by atoms with Crippen molar-refractivity contribution in [3.63, 3.8) is 0 Å². The Kier molecular flexibility index (Phi) is 16.0. The Bertz CT molecular complexity index is 315. The van der Waals surface area contributed by atoms with E-state index in [1.54, 1.807) is 6.92 Å². The van der Waals surface area contributed by atoms with E-state index in [0.717, 1.165) is 25.7 Å². The Balaban J connectivity index is 3.53. The first-order chi connectivity index (χ1) is 11.6. The number of unbranched alkanes of at least 4 members (excludes halogenated alkanes) is 9. The van der Waals surface area contributed by atoms with Gasteiger partial charge in [0.05, 0.1) is 0 Å². The van der Waals surface area contributed by atoms with Gasteiger partial charge in [0.2, 0.25) is 0 Å². The molecule has 0 saturated carbocycles. The topological polar surface area (TPSA) is 52.6 Å². The summed E-state index contributed by atoms with van der Waals surface area (Å²) >= 11 is 0. The van der Waals surface area contributed by atoms with E-state index in [4.69, 9.17) is 9.47 Å². The second kappa shape index (κ2) is 16.8. The molecule has 0 aromatic heterocycles. The number of hydrogen-bond acceptors (Lipinski definition) is 4. The van der Waals surface area contributed by atoms with Crippen LogP contribution in [-0.4, -0.2) is 24.6 Å². The minimum Gasteiger partial charge on any atom is -0.462 e. The highest BCUT2D eigenvalue weighted by molar-refractivity contribution is 5.70. The Morgan fingerprint density at radius 1 is 0.708 bits per heavy atom. The largest absolute Gasteiger partial charge is 0.462 e. The number of hydrogen-bond donors (Lipinski definition) is 0. The third kappa shape index (κ3) is 15.8. The molecule has 0 radical (unpaired) electrons. The molecule has 0 N–H and O–H groups in total. The smallest absolute Gasteiger partial charge is 0.306 e. The molecule has 1 unspecified atom stereocenters. The summed E-state index contributed by atoms with van der Waals surface area (Å²) in [4.78, 5) is 23.3. The van der Waals surface area contributed by atoms with Crippen molar-refractivity contribution in [1.82, 2.24) is 0 Å². The zero-order chi connectivity index (χ0) is 18.0. The van der Waals surface area contributed by atoms with Gasteiger partial charge in [0.15, 0.2) is 0 Å². The molecule has 0 rings (SSSR count). The molecule has 0 heterocycles. The lowest BCUT2D eigenvalue weighted by atomic mass is 10.1. The molecule has 1 atom stereocenters. The van der Waals surface area contributed by atoms with Gasteiger partial charge in [-0.1, -0.05) is 71.6 Å². The maximum atomic E-state index is 11.7. The minimum absolute atomic E-state index is 0.163. The Labute approximate surface area is 148 Å². The van der Waals surface area contributed by atoms with Gasteiger partial charge < -0.3 is 9.47 Å². The third-order valence-electron chi connectivity index (χ3n) is 4.03. The van der Waals surface area contributed by atoms with Crippen LogP contribution in [0, 0.1) is 0 Å². The predicted octanol–water partition coefficient (Wildman–Crippen LogP) is 5.57. The van der Waals surface area contributed by atoms with E-state index < -0.39 is 0 Å². The minimum atomic E-state index is -0.360. The molecule has 142 valence electrons. The fourth-order valence-corrected chi connectivity index (χ4v) is 2.52. The molecular weight excluding hydrogens is 304 g/mol. The van der Waals surface area contributed by atoms with Crippen LogP contribution in [0.25, 0.3) is 0 Å². The molecule has 0 bridgehead atoms. The Hall–Kier alpha value is -1.06. The van der Waals surface area contributed by atoms with Crippen molar-refractivity contribution < 1.29 is 19.1 Å². The lowest BCUT2D eigenvalue weighted by Gasteiger charge is -2.13. The van der Waals surface area contributed by atoms with Crippen LogP contribution >= 0.6 is 0 Å². The van der Waals surface area contributed by atoms with Crippen LogP contribution in [0.4, 0.5) is 0 Å². The maximum Gasteiger partial charge on any atom is 0.306 e. The van der Waals surface area contributed by atoms with E-state index in [1.165, 1.54) is 44.9 Å². The standard InChI is InChI=1S/C20H38O4/c1-4-6-8-10-12-13-15-19(21)23-17-18(3)24-20(22)16-14-11-9-7-5-2/h18H,4-17H2,1-3H3. The van der Waals surface area contributed by atoms with Gasteiger partial charge in [0.25, 0.3) is 0 Å². The van der Waals surface area contributed by atoms with E-state index in [-0.39, 0.29) is 24.6 Å². The average Bonchev–Trinajstić information content (AvgIpc) is 2.56. The second-order valence-electron chi connectivity index (χ2n) is 6.67. The number of carbonyl (C=O) groups excluding carboxylic acids is 2. The predicted molar refractivity (Wildman–Crippen MR) is 97.9 cm³/mol. The van der Waals surface area contributed by atoms with Gasteiger partial charge in [0.1, 0.15) is 12.7 Å². The SMILES string of the molecule is CCCCCCCCC(=O)OCC(C)OC(=O)CCCCCCC. The summed E-state index contributed by atoms with van der Waals surface area (Å²) in [5.41, 5.74) is 0. The molecule has 0 aliphatic rings. The van der Waals surface area contributed by atoms with Crippen molar-refractivity contribution >= 4 is 11.9 Å². The van der Waals surface area contributed by atoms with Crippen LogP contribution in [0.2, 0.25) is 0 Å². The molecule has 0 amide bonds. The number of ether oxygens (including phenoxy) is 2. The first-order valence-corrected chi connectivity index (χ1v) is 9.95. The summed E-state index contributed by atoms with van der Waals surface area (Å²) < 4.78 is 10.4. The summed E-state index contributed by atoms with van der Waals surface area (Å²) in [5, 5.41) is 0. The van der Waals surface area contributed by atoms with E-state index >= 15 is 0 Å². The van der Waals surface area contributed by atoms with Crippen molar-refractivity contribution in [2.45, 2.75) is 110 Å². The van der Waals surface area contributed by atoms with E-state index in [0.29, 0.717) is 12.8 Å². The third-order valence-corrected chi connectivity index (χ3v) is 4.03. The molecule has 0 aliphatic carbocycles. The van der Waals surface area contributed by atoms with Crippen molar-refractivity contribution in [2.24, 2.45) is 0 Å². The van der Waals surface area contributed by atoms with Gasteiger partial charge in [-0.2, -0.15) is 0 Å². The lowest BCUT2D eigenvalue weighted by Crippen LogP contribution is -2.22. The first-order valence-electron chi connectivity index (χ1n) is 9.95. The van der Waals surface area contributed by atoms with Crippen LogP contribution in [0.3, 0.4) is 0 Å². The molecule has 0 saturated heterocycles. The molecule has 24 heavy (non-hydrogen) atoms. The summed E-state index contributed by atoms with van der Waals surface area (Å²) in [6, 6.07) is 0. The summed E-state index contributed by atoms with van der Waals surface area (Å²) in [6.45, 7) is 6.30. The molecule has 4 heteroatoms. The number of esters is 2. The summed E-state index contributed by atoms with van der Waals surface area (Å²) in [5.74, 6) is -0.376. The quantitative estimate of drug-likeness (QED) is 0.272. The highest BCUT2D eigenvalue weighted by Gasteiger charge is 2.12. The highest BCUT2D eigenvalue weighted by atomic mass is 16.6. The molecule has 0 aliphatic heterocycles. The molecule has 0 spiro atoms.